The molecule has 1 fully saturated rings. The van der Waals surface area contributed by atoms with Gasteiger partial charge in [-0.1, -0.05) is 34.0 Å². The maximum atomic E-state index is 12.1. The molecule has 0 radical (unpaired) electrons. The van der Waals surface area contributed by atoms with Crippen molar-refractivity contribution in [2.24, 2.45) is 5.92 Å². The number of urea groups is 1. The molecule has 1 aromatic rings. The highest BCUT2D eigenvalue weighted by molar-refractivity contribution is 9.10. The van der Waals surface area contributed by atoms with Crippen molar-refractivity contribution in [3.05, 3.63) is 34.3 Å². The summed E-state index contributed by atoms with van der Waals surface area (Å²) in [5, 5.41) is 14.6. The zero-order valence-electron chi connectivity index (χ0n) is 12.6. The smallest absolute Gasteiger partial charge is 0.316 e. The van der Waals surface area contributed by atoms with Crippen molar-refractivity contribution in [1.82, 2.24) is 10.6 Å². The summed E-state index contributed by atoms with van der Waals surface area (Å²) in [7, 11) is 0. The minimum atomic E-state index is -0.754. The van der Waals surface area contributed by atoms with E-state index in [9.17, 15) is 9.59 Å². The van der Waals surface area contributed by atoms with Crippen LogP contribution in [0.5, 0.6) is 0 Å². The lowest BCUT2D eigenvalue weighted by molar-refractivity contribution is -0.142. The Morgan fingerprint density at radius 2 is 1.83 bits per heavy atom. The average molecular weight is 379 g/mol. The van der Waals surface area contributed by atoms with Crippen molar-refractivity contribution in [2.45, 2.75) is 37.8 Å². The van der Waals surface area contributed by atoms with Crippen LogP contribution in [-0.2, 0) is 4.79 Å². The van der Waals surface area contributed by atoms with Crippen LogP contribution in [0.1, 0.15) is 37.3 Å². The van der Waals surface area contributed by atoms with Gasteiger partial charge in [0, 0.05) is 10.5 Å². The van der Waals surface area contributed by atoms with E-state index >= 15 is 0 Å². The number of carbonyl (C=O) groups is 2. The van der Waals surface area contributed by atoms with Crippen molar-refractivity contribution >= 4 is 27.9 Å². The fourth-order valence-electron chi connectivity index (χ4n) is 2.72. The second-order valence-electron chi connectivity index (χ2n) is 5.66. The minimum Gasteiger partial charge on any atom is -0.481 e. The van der Waals surface area contributed by atoms with Gasteiger partial charge in [0.1, 0.15) is 6.04 Å². The average Bonchev–Trinajstić information content (AvgIpc) is 2.54. The van der Waals surface area contributed by atoms with E-state index in [0.717, 1.165) is 10.0 Å². The lowest BCUT2D eigenvalue weighted by atomic mass is 9.86. The van der Waals surface area contributed by atoms with Gasteiger partial charge in [0.05, 0.1) is 5.92 Å². The number of carboxylic acids is 1. The van der Waals surface area contributed by atoms with Crippen molar-refractivity contribution in [1.29, 1.82) is 0 Å². The molecule has 1 unspecified atom stereocenters. The molecule has 0 aromatic heterocycles. The van der Waals surface area contributed by atoms with E-state index < -0.39 is 12.0 Å². The molecule has 0 heterocycles. The largest absolute Gasteiger partial charge is 0.481 e. The van der Waals surface area contributed by atoms with Crippen LogP contribution in [0.15, 0.2) is 28.7 Å². The first-order valence-electron chi connectivity index (χ1n) is 7.51. The van der Waals surface area contributed by atoms with Crippen molar-refractivity contribution in [3.63, 3.8) is 0 Å². The Morgan fingerprint density at radius 1 is 1.22 bits per heavy atom. The van der Waals surface area contributed by atoms with Crippen molar-refractivity contribution in [2.75, 3.05) is 0 Å². The van der Waals surface area contributed by atoms with Crippen LogP contribution in [0.25, 0.3) is 0 Å². The molecule has 23 heavy (non-hydrogen) atoms. The van der Waals surface area contributed by atoms with E-state index in [1.165, 1.54) is 0 Å². The molecule has 1 saturated carbocycles. The van der Waals surface area contributed by atoms with E-state index in [0.29, 0.717) is 25.7 Å². The van der Waals surface area contributed by atoms with E-state index in [4.69, 9.17) is 11.5 Å². The van der Waals surface area contributed by atoms with E-state index in [1.807, 2.05) is 24.3 Å². The van der Waals surface area contributed by atoms with Gasteiger partial charge in [-0.05, 0) is 43.4 Å². The Hall–Kier alpha value is -2.00. The summed E-state index contributed by atoms with van der Waals surface area (Å²) in [5.41, 5.74) is 0.834. The van der Waals surface area contributed by atoms with Gasteiger partial charge >= 0.3 is 12.0 Å². The number of nitrogens with one attached hydrogen (secondary N) is 2. The zero-order chi connectivity index (χ0) is 16.8. The molecule has 0 aliphatic heterocycles. The summed E-state index contributed by atoms with van der Waals surface area (Å²) in [5.74, 6) is 1.51. The molecule has 2 amide bonds. The highest BCUT2D eigenvalue weighted by Crippen LogP contribution is 2.24. The molecule has 0 bridgehead atoms. The van der Waals surface area contributed by atoms with E-state index in [-0.39, 0.29) is 18.0 Å². The first-order chi connectivity index (χ1) is 11.0. The summed E-state index contributed by atoms with van der Waals surface area (Å²) in [6.45, 7) is 0. The number of amides is 2. The second kappa shape index (κ2) is 8.02. The van der Waals surface area contributed by atoms with Gasteiger partial charge in [-0.2, -0.15) is 0 Å². The Kier molecular flexibility index (Phi) is 6.05. The molecular formula is C17H19BrN2O3. The maximum absolute atomic E-state index is 12.1. The van der Waals surface area contributed by atoms with Crippen LogP contribution in [0.4, 0.5) is 4.79 Å². The topological polar surface area (TPSA) is 78.4 Å². The van der Waals surface area contributed by atoms with Crippen molar-refractivity contribution < 1.29 is 14.7 Å². The maximum Gasteiger partial charge on any atom is 0.316 e. The monoisotopic (exact) mass is 378 g/mol. The Labute approximate surface area is 144 Å². The summed E-state index contributed by atoms with van der Waals surface area (Å²) in [4.78, 5) is 23.0. The second-order valence-corrected chi connectivity index (χ2v) is 6.57. The van der Waals surface area contributed by atoms with Gasteiger partial charge in [0.2, 0.25) is 0 Å². The van der Waals surface area contributed by atoms with Crippen LogP contribution in [0.3, 0.4) is 0 Å². The third kappa shape index (κ3) is 5.00. The molecular weight excluding hydrogens is 360 g/mol. The summed E-state index contributed by atoms with van der Waals surface area (Å²) in [6.07, 6.45) is 8.02. The highest BCUT2D eigenvalue weighted by atomic mass is 79.9. The SMILES string of the molecule is C#CC(NC(=O)NC1CCC(C(=O)O)CC1)c1ccc(Br)cc1. The molecule has 1 aliphatic carbocycles. The summed E-state index contributed by atoms with van der Waals surface area (Å²) in [6, 6.07) is 6.61. The molecule has 1 aliphatic rings. The van der Waals surface area contributed by atoms with Gasteiger partial charge in [-0.15, -0.1) is 6.42 Å². The predicted molar refractivity (Wildman–Crippen MR) is 90.8 cm³/mol. The summed E-state index contributed by atoms with van der Waals surface area (Å²) >= 11 is 3.35. The molecule has 2 rings (SSSR count). The number of halogens is 1. The number of terminal acetylenes is 1. The van der Waals surface area contributed by atoms with Gasteiger partial charge in [-0.3, -0.25) is 4.79 Å². The van der Waals surface area contributed by atoms with Crippen molar-refractivity contribution in [3.8, 4) is 12.3 Å². The molecule has 0 saturated heterocycles. The Morgan fingerprint density at radius 3 is 2.35 bits per heavy atom. The normalized spacial score (nSPS) is 21.7. The highest BCUT2D eigenvalue weighted by Gasteiger charge is 2.27. The van der Waals surface area contributed by atoms with Gasteiger partial charge in [-0.25, -0.2) is 4.79 Å². The number of carbonyl (C=O) groups excluding carboxylic acids is 1. The number of hydrogen-bond acceptors (Lipinski definition) is 2. The van der Waals surface area contributed by atoms with Crippen LogP contribution in [-0.4, -0.2) is 23.1 Å². The Balaban J connectivity index is 1.85. The molecule has 122 valence electrons. The number of rotatable bonds is 4. The molecule has 6 heteroatoms. The number of hydrogen-bond donors (Lipinski definition) is 3. The molecule has 0 spiro atoms. The number of carboxylic acid groups (broad SMARTS) is 1. The lowest BCUT2D eigenvalue weighted by Crippen LogP contribution is -2.45. The Bertz CT molecular complexity index is 601. The third-order valence-electron chi connectivity index (χ3n) is 4.06. The molecule has 1 aromatic carbocycles. The minimum absolute atomic E-state index is 0.00561. The third-order valence-corrected chi connectivity index (χ3v) is 4.59. The van der Waals surface area contributed by atoms with E-state index in [2.05, 4.69) is 32.5 Å². The first-order valence-corrected chi connectivity index (χ1v) is 8.30. The number of aliphatic carboxylic acids is 1. The fraction of sp³-hybridized carbons (Fsp3) is 0.412. The lowest BCUT2D eigenvalue weighted by Gasteiger charge is -2.27. The zero-order valence-corrected chi connectivity index (χ0v) is 14.2. The van der Waals surface area contributed by atoms with E-state index in [1.54, 1.807) is 0 Å². The fourth-order valence-corrected chi connectivity index (χ4v) is 2.98. The molecule has 1 atom stereocenters. The predicted octanol–water partition coefficient (Wildman–Crippen LogP) is 3.07. The standard InChI is InChI=1S/C17H19BrN2O3/c1-2-15(11-3-7-13(18)8-4-11)20-17(23)19-14-9-5-12(6-10-14)16(21)22/h1,3-4,7-8,12,14-15H,5-6,9-10H2,(H,21,22)(H2,19,20,23). The quantitative estimate of drug-likeness (QED) is 0.704. The van der Waals surface area contributed by atoms with Crippen LogP contribution in [0, 0.1) is 18.3 Å². The molecule has 3 N–H and O–H groups in total. The molecule has 5 nitrogen and oxygen atoms in total. The van der Waals surface area contributed by atoms with Gasteiger partial charge in [0.25, 0.3) is 0 Å². The van der Waals surface area contributed by atoms with Gasteiger partial charge < -0.3 is 15.7 Å². The van der Waals surface area contributed by atoms with Gasteiger partial charge in [0.15, 0.2) is 0 Å². The number of benzene rings is 1. The van der Waals surface area contributed by atoms with Crippen LogP contribution >= 0.6 is 15.9 Å². The van der Waals surface area contributed by atoms with Crippen LogP contribution < -0.4 is 10.6 Å². The van der Waals surface area contributed by atoms with Crippen LogP contribution in [0.2, 0.25) is 0 Å². The summed E-state index contributed by atoms with van der Waals surface area (Å²) < 4.78 is 0.941. The first kappa shape index (κ1) is 17.4.